The zero-order valence-corrected chi connectivity index (χ0v) is 10.3. The lowest BCUT2D eigenvalue weighted by Gasteiger charge is -2.07. The van der Waals surface area contributed by atoms with E-state index in [4.69, 9.17) is 10.8 Å². The number of hydrogen-bond donors (Lipinski definition) is 3. The number of hydrogen-bond acceptors (Lipinski definition) is 6. The maximum atomic E-state index is 11.2. The quantitative estimate of drug-likeness (QED) is 0.408. The lowest BCUT2D eigenvalue weighted by atomic mass is 10.1. The van der Waals surface area contributed by atoms with Crippen molar-refractivity contribution >= 4 is 17.9 Å². The first-order valence-electron chi connectivity index (χ1n) is 5.76. The number of aliphatic hydroxyl groups is 1. The molecule has 104 valence electrons. The molecule has 0 amide bonds. The van der Waals surface area contributed by atoms with Gasteiger partial charge >= 0.3 is 17.9 Å². The third-order valence-electron chi connectivity index (χ3n) is 2.36. The van der Waals surface area contributed by atoms with Gasteiger partial charge in [0.2, 0.25) is 0 Å². The summed E-state index contributed by atoms with van der Waals surface area (Å²) in [5.41, 5.74) is 5.19. The van der Waals surface area contributed by atoms with Crippen LogP contribution in [0.4, 0.5) is 0 Å². The van der Waals surface area contributed by atoms with Crippen molar-refractivity contribution in [1.82, 2.24) is 0 Å². The van der Waals surface area contributed by atoms with Crippen molar-refractivity contribution in [3.8, 4) is 0 Å². The van der Waals surface area contributed by atoms with Crippen molar-refractivity contribution in [2.75, 3.05) is 0 Å². The molecule has 0 aromatic carbocycles. The molecule has 0 rings (SSSR count). The van der Waals surface area contributed by atoms with Crippen LogP contribution in [0.3, 0.4) is 0 Å². The Morgan fingerprint density at radius 2 is 1.67 bits per heavy atom. The van der Waals surface area contributed by atoms with Crippen LogP contribution in [0.2, 0.25) is 0 Å². The Morgan fingerprint density at radius 3 is 2.11 bits per heavy atom. The van der Waals surface area contributed by atoms with Crippen molar-refractivity contribution in [1.29, 1.82) is 0 Å². The predicted molar refractivity (Wildman–Crippen MR) is 61.5 cm³/mol. The molecule has 2 atom stereocenters. The topological polar surface area (TPSA) is 127 Å². The molecule has 1 unspecified atom stereocenters. The summed E-state index contributed by atoms with van der Waals surface area (Å²) in [5.74, 6) is -2.74. The van der Waals surface area contributed by atoms with Crippen LogP contribution in [0.1, 0.15) is 39.0 Å². The van der Waals surface area contributed by atoms with Crippen LogP contribution < -0.4 is 5.73 Å². The van der Waals surface area contributed by atoms with Gasteiger partial charge in [-0.1, -0.05) is 6.92 Å². The van der Waals surface area contributed by atoms with Crippen LogP contribution in [0.15, 0.2) is 0 Å². The Labute approximate surface area is 105 Å². The minimum Gasteiger partial charge on any atom is -0.480 e. The molecule has 18 heavy (non-hydrogen) atoms. The maximum Gasteiger partial charge on any atom is 0.320 e. The van der Waals surface area contributed by atoms with Crippen molar-refractivity contribution in [2.45, 2.75) is 51.2 Å². The number of aliphatic carboxylic acids is 1. The van der Waals surface area contributed by atoms with E-state index < -0.39 is 30.1 Å². The minimum atomic E-state index is -1.21. The first kappa shape index (κ1) is 16.5. The summed E-state index contributed by atoms with van der Waals surface area (Å²) in [5, 5.41) is 17.7. The third kappa shape index (κ3) is 7.75. The van der Waals surface area contributed by atoms with E-state index in [0.717, 1.165) is 0 Å². The highest BCUT2D eigenvalue weighted by Crippen LogP contribution is 2.04. The van der Waals surface area contributed by atoms with Crippen LogP contribution >= 0.6 is 0 Å². The van der Waals surface area contributed by atoms with Gasteiger partial charge in [0.05, 0.1) is 6.10 Å². The number of esters is 2. The first-order chi connectivity index (χ1) is 8.36. The van der Waals surface area contributed by atoms with E-state index in [1.54, 1.807) is 6.92 Å². The summed E-state index contributed by atoms with van der Waals surface area (Å²) in [4.78, 5) is 32.7. The number of carbonyl (C=O) groups excluding carboxylic acids is 2. The number of carboxylic acids is 1. The van der Waals surface area contributed by atoms with Gasteiger partial charge in [0.15, 0.2) is 0 Å². The lowest BCUT2D eigenvalue weighted by Crippen LogP contribution is -2.31. The maximum absolute atomic E-state index is 11.2. The van der Waals surface area contributed by atoms with E-state index in [9.17, 15) is 19.5 Å². The van der Waals surface area contributed by atoms with Crippen LogP contribution in [0.25, 0.3) is 0 Å². The van der Waals surface area contributed by atoms with Gasteiger partial charge in [0, 0.05) is 12.8 Å². The van der Waals surface area contributed by atoms with Gasteiger partial charge in [-0.25, -0.2) is 0 Å². The molecule has 0 fully saturated rings. The number of carboxylic acid groups (broad SMARTS) is 1. The normalized spacial score (nSPS) is 13.7. The smallest absolute Gasteiger partial charge is 0.320 e. The van der Waals surface area contributed by atoms with Gasteiger partial charge in [-0.05, 0) is 19.3 Å². The van der Waals surface area contributed by atoms with E-state index in [2.05, 4.69) is 4.74 Å². The molecule has 4 N–H and O–H groups in total. The van der Waals surface area contributed by atoms with Crippen molar-refractivity contribution in [2.24, 2.45) is 5.73 Å². The Balaban J connectivity index is 3.81. The molecule has 0 heterocycles. The molecule has 0 radical (unpaired) electrons. The molecule has 7 heteroatoms. The molecule has 0 saturated heterocycles. The second-order valence-electron chi connectivity index (χ2n) is 3.93. The second kappa shape index (κ2) is 8.60. The van der Waals surface area contributed by atoms with Crippen LogP contribution in [0, 0.1) is 0 Å². The summed E-state index contributed by atoms with van der Waals surface area (Å²) >= 11 is 0. The van der Waals surface area contributed by atoms with Crippen molar-refractivity contribution in [3.05, 3.63) is 0 Å². The molecular formula is C11H19NO6. The first-order valence-corrected chi connectivity index (χ1v) is 5.76. The van der Waals surface area contributed by atoms with Crippen molar-refractivity contribution in [3.63, 3.8) is 0 Å². The largest absolute Gasteiger partial charge is 0.480 e. The average Bonchev–Trinajstić information content (AvgIpc) is 2.32. The lowest BCUT2D eigenvalue weighted by molar-refractivity contribution is -0.160. The van der Waals surface area contributed by atoms with E-state index in [-0.39, 0.29) is 25.7 Å². The highest BCUT2D eigenvalue weighted by molar-refractivity contribution is 5.85. The molecule has 0 aromatic rings. The van der Waals surface area contributed by atoms with Gasteiger partial charge in [-0.15, -0.1) is 0 Å². The fraction of sp³-hybridized carbons (Fsp3) is 0.727. The fourth-order valence-electron chi connectivity index (χ4n) is 1.11. The van der Waals surface area contributed by atoms with E-state index in [1.807, 2.05) is 0 Å². The fourth-order valence-corrected chi connectivity index (χ4v) is 1.11. The summed E-state index contributed by atoms with van der Waals surface area (Å²) in [6.07, 6.45) is -0.195. The van der Waals surface area contributed by atoms with Gasteiger partial charge in [-0.2, -0.15) is 0 Å². The second-order valence-corrected chi connectivity index (χ2v) is 3.93. The average molecular weight is 261 g/mol. The zero-order chi connectivity index (χ0) is 14.1. The van der Waals surface area contributed by atoms with Gasteiger partial charge < -0.3 is 20.7 Å². The van der Waals surface area contributed by atoms with Gasteiger partial charge in [-0.3, -0.25) is 14.4 Å². The van der Waals surface area contributed by atoms with Crippen molar-refractivity contribution < 1.29 is 29.3 Å². The SMILES string of the molecule is CCC(O)CCC(=O)OC(=O)CC[C@H](N)C(=O)O. The van der Waals surface area contributed by atoms with Crippen LogP contribution in [0.5, 0.6) is 0 Å². The summed E-state index contributed by atoms with van der Waals surface area (Å²) in [6, 6.07) is -1.14. The molecule has 7 nitrogen and oxygen atoms in total. The number of nitrogens with two attached hydrogens (primary N) is 1. The predicted octanol–water partition coefficient (Wildman–Crippen LogP) is -0.201. The van der Waals surface area contributed by atoms with Crippen LogP contribution in [-0.2, 0) is 19.1 Å². The Morgan fingerprint density at radius 1 is 1.17 bits per heavy atom. The zero-order valence-electron chi connectivity index (χ0n) is 10.3. The van der Waals surface area contributed by atoms with E-state index >= 15 is 0 Å². The van der Waals surface area contributed by atoms with Crippen LogP contribution in [-0.4, -0.2) is 40.3 Å². The molecule has 0 aromatic heterocycles. The number of carbonyl (C=O) groups is 3. The molecule has 0 aliphatic rings. The molecule has 0 aliphatic carbocycles. The highest BCUT2D eigenvalue weighted by Gasteiger charge is 2.16. The molecule has 0 spiro atoms. The van der Waals surface area contributed by atoms with Gasteiger partial charge in [0.25, 0.3) is 0 Å². The minimum absolute atomic E-state index is 0.0499. The van der Waals surface area contributed by atoms with E-state index in [0.29, 0.717) is 6.42 Å². The standard InChI is InChI=1S/C11H19NO6/c1-2-7(13)3-5-9(14)18-10(15)6-4-8(12)11(16)17/h7-8,13H,2-6,12H2,1H3,(H,16,17)/t7?,8-/m0/s1. The molecular weight excluding hydrogens is 242 g/mol. The highest BCUT2D eigenvalue weighted by atomic mass is 16.6. The molecule has 0 saturated carbocycles. The van der Waals surface area contributed by atoms with E-state index in [1.165, 1.54) is 0 Å². The number of rotatable bonds is 8. The monoisotopic (exact) mass is 261 g/mol. The Bertz CT molecular complexity index is 304. The Hall–Kier alpha value is -1.47. The summed E-state index contributed by atoms with van der Waals surface area (Å²) in [7, 11) is 0. The summed E-state index contributed by atoms with van der Waals surface area (Å²) in [6.45, 7) is 1.77. The molecule has 0 aliphatic heterocycles. The number of aliphatic hydroxyl groups excluding tert-OH is 1. The summed E-state index contributed by atoms with van der Waals surface area (Å²) < 4.78 is 4.44. The van der Waals surface area contributed by atoms with Gasteiger partial charge in [0.1, 0.15) is 6.04 Å². The number of ether oxygens (including phenoxy) is 1. The molecule has 0 bridgehead atoms. The Kier molecular flexibility index (Phi) is 7.89. The third-order valence-corrected chi connectivity index (χ3v) is 2.36.